The van der Waals surface area contributed by atoms with E-state index in [4.69, 9.17) is 19.0 Å². The molecule has 34 heavy (non-hydrogen) atoms. The van der Waals surface area contributed by atoms with Gasteiger partial charge in [-0.15, -0.1) is 0 Å². The maximum absolute atomic E-state index is 13.4. The molecule has 1 saturated heterocycles. The SMILES string of the molecule is O=C(Nc1ccc2c(c1)OOC2)OCC1CC1CN1CCC(c2noc3cc(F)ccc23)CC1. The van der Waals surface area contributed by atoms with Crippen molar-refractivity contribution < 1.29 is 28.2 Å². The summed E-state index contributed by atoms with van der Waals surface area (Å²) in [5, 5.41) is 7.89. The molecule has 3 aromatic rings. The molecule has 9 heteroatoms. The number of carbonyl (C=O) groups is 1. The number of nitrogens with one attached hydrogen (secondary N) is 1. The minimum atomic E-state index is -0.454. The zero-order chi connectivity index (χ0) is 23.1. The zero-order valence-corrected chi connectivity index (χ0v) is 18.7. The lowest BCUT2D eigenvalue weighted by Crippen LogP contribution is -2.35. The first-order valence-electron chi connectivity index (χ1n) is 11.8. The molecule has 2 aromatic carbocycles. The largest absolute Gasteiger partial charge is 0.449 e. The molecule has 2 aliphatic heterocycles. The monoisotopic (exact) mass is 467 g/mol. The van der Waals surface area contributed by atoms with Crippen molar-refractivity contribution in [3.8, 4) is 5.75 Å². The fourth-order valence-corrected chi connectivity index (χ4v) is 5.01. The summed E-state index contributed by atoms with van der Waals surface area (Å²) < 4.78 is 24.2. The number of amides is 1. The Bertz CT molecular complexity index is 1210. The molecule has 0 bridgehead atoms. The smallest absolute Gasteiger partial charge is 0.411 e. The zero-order valence-electron chi connectivity index (χ0n) is 18.7. The third-order valence-corrected chi connectivity index (χ3v) is 7.10. The normalized spacial score (nSPS) is 22.4. The summed E-state index contributed by atoms with van der Waals surface area (Å²) in [7, 11) is 0. The van der Waals surface area contributed by atoms with Gasteiger partial charge in [0.05, 0.1) is 12.3 Å². The predicted octanol–water partition coefficient (Wildman–Crippen LogP) is 4.86. The number of nitrogens with zero attached hydrogens (tertiary/aromatic N) is 2. The first kappa shape index (κ1) is 21.4. The molecule has 1 amide bonds. The summed E-state index contributed by atoms with van der Waals surface area (Å²) in [5.41, 5.74) is 3.03. The van der Waals surface area contributed by atoms with E-state index in [0.29, 0.717) is 48.0 Å². The van der Waals surface area contributed by atoms with E-state index in [1.807, 2.05) is 12.1 Å². The number of rotatable bonds is 6. The van der Waals surface area contributed by atoms with Crippen LogP contribution in [0.2, 0.25) is 0 Å². The van der Waals surface area contributed by atoms with Gasteiger partial charge in [-0.3, -0.25) is 5.32 Å². The number of likely N-dealkylation sites (tertiary alicyclic amines) is 1. The lowest BCUT2D eigenvalue weighted by molar-refractivity contribution is -0.194. The van der Waals surface area contributed by atoms with E-state index in [2.05, 4.69) is 15.4 Å². The van der Waals surface area contributed by atoms with Crippen LogP contribution in [0.5, 0.6) is 5.75 Å². The van der Waals surface area contributed by atoms with Gasteiger partial charge in [-0.1, -0.05) is 11.2 Å². The van der Waals surface area contributed by atoms with E-state index >= 15 is 0 Å². The average Bonchev–Trinajstić information content (AvgIpc) is 3.21. The van der Waals surface area contributed by atoms with Crippen LogP contribution in [0.4, 0.5) is 14.9 Å². The van der Waals surface area contributed by atoms with Gasteiger partial charge in [-0.05, 0) is 62.4 Å². The standard InChI is InChI=1S/C25H26FN3O5/c26-19-2-4-21-23(10-19)33-28-24(21)15-5-7-29(8-6-15)12-17-9-18(17)13-31-25(30)27-20-3-1-16-14-32-34-22(16)11-20/h1-4,10-11,15,17-18H,5-9,12-14H2,(H,27,30). The Labute approximate surface area is 195 Å². The van der Waals surface area contributed by atoms with Crippen LogP contribution >= 0.6 is 0 Å². The third kappa shape index (κ3) is 4.45. The van der Waals surface area contributed by atoms with E-state index in [-0.39, 0.29) is 5.82 Å². The highest BCUT2D eigenvalue weighted by atomic mass is 19.1. The summed E-state index contributed by atoms with van der Waals surface area (Å²) in [4.78, 5) is 24.6. The maximum Gasteiger partial charge on any atom is 0.411 e. The van der Waals surface area contributed by atoms with Gasteiger partial charge in [-0.2, -0.15) is 4.89 Å². The van der Waals surface area contributed by atoms with Gasteiger partial charge in [0.2, 0.25) is 0 Å². The van der Waals surface area contributed by atoms with Crippen molar-refractivity contribution in [1.82, 2.24) is 10.1 Å². The van der Waals surface area contributed by atoms with Crippen molar-refractivity contribution in [2.24, 2.45) is 11.8 Å². The van der Waals surface area contributed by atoms with Crippen molar-refractivity contribution in [3.63, 3.8) is 0 Å². The number of halogens is 1. The van der Waals surface area contributed by atoms with E-state index in [9.17, 15) is 9.18 Å². The van der Waals surface area contributed by atoms with Gasteiger partial charge in [0.15, 0.2) is 11.3 Å². The molecule has 2 fully saturated rings. The van der Waals surface area contributed by atoms with E-state index in [1.165, 1.54) is 12.1 Å². The van der Waals surface area contributed by atoms with Crippen LogP contribution in [-0.4, -0.2) is 42.4 Å². The van der Waals surface area contributed by atoms with Crippen molar-refractivity contribution in [1.29, 1.82) is 0 Å². The molecule has 0 radical (unpaired) electrons. The molecule has 0 spiro atoms. The molecule has 2 unspecified atom stereocenters. The first-order chi connectivity index (χ1) is 16.6. The van der Waals surface area contributed by atoms with Crippen molar-refractivity contribution >= 4 is 22.7 Å². The van der Waals surface area contributed by atoms with Gasteiger partial charge in [0.25, 0.3) is 0 Å². The number of aromatic nitrogens is 1. The third-order valence-electron chi connectivity index (χ3n) is 7.10. The lowest BCUT2D eigenvalue weighted by atomic mass is 9.91. The quantitative estimate of drug-likeness (QED) is 0.519. The number of ether oxygens (including phenoxy) is 1. The highest BCUT2D eigenvalue weighted by molar-refractivity contribution is 5.85. The van der Waals surface area contributed by atoms with Crippen LogP contribution in [0.3, 0.4) is 0 Å². The van der Waals surface area contributed by atoms with Crippen LogP contribution in [0.1, 0.15) is 36.4 Å². The van der Waals surface area contributed by atoms with Crippen LogP contribution in [-0.2, 0) is 16.2 Å². The van der Waals surface area contributed by atoms with Gasteiger partial charge in [-0.25, -0.2) is 9.18 Å². The van der Waals surface area contributed by atoms with Crippen molar-refractivity contribution in [3.05, 3.63) is 53.5 Å². The number of hydrogen-bond donors (Lipinski definition) is 1. The number of benzene rings is 2. The molecular formula is C25H26FN3O5. The lowest BCUT2D eigenvalue weighted by Gasteiger charge is -2.31. The fourth-order valence-electron chi connectivity index (χ4n) is 5.01. The molecule has 1 aliphatic carbocycles. The number of fused-ring (bicyclic) bond motifs is 2. The number of anilines is 1. The average molecular weight is 467 g/mol. The molecule has 3 aliphatic rings. The van der Waals surface area contributed by atoms with E-state index < -0.39 is 6.09 Å². The Kier molecular flexibility index (Phi) is 5.58. The Hall–Kier alpha value is -3.17. The summed E-state index contributed by atoms with van der Waals surface area (Å²) in [6, 6.07) is 10.0. The maximum atomic E-state index is 13.4. The van der Waals surface area contributed by atoms with Gasteiger partial charge in [0, 0.05) is 41.2 Å². The van der Waals surface area contributed by atoms with E-state index in [0.717, 1.165) is 55.5 Å². The predicted molar refractivity (Wildman–Crippen MR) is 121 cm³/mol. The second-order valence-electron chi connectivity index (χ2n) is 9.43. The second kappa shape index (κ2) is 8.88. The number of carbonyl (C=O) groups excluding carboxylic acids is 1. The molecule has 6 rings (SSSR count). The topological polar surface area (TPSA) is 86.1 Å². The number of piperidine rings is 1. The minimum absolute atomic E-state index is 0.307. The Balaban J connectivity index is 0.930. The molecule has 1 aromatic heterocycles. The Morgan fingerprint density at radius 2 is 2.06 bits per heavy atom. The van der Waals surface area contributed by atoms with Gasteiger partial charge >= 0.3 is 6.09 Å². The van der Waals surface area contributed by atoms with E-state index in [1.54, 1.807) is 12.1 Å². The van der Waals surface area contributed by atoms with Crippen molar-refractivity contribution in [2.45, 2.75) is 31.8 Å². The number of hydrogen-bond acceptors (Lipinski definition) is 7. The summed E-state index contributed by atoms with van der Waals surface area (Å²) in [5.74, 6) is 1.62. The second-order valence-corrected chi connectivity index (χ2v) is 9.43. The van der Waals surface area contributed by atoms with Crippen LogP contribution in [0.15, 0.2) is 40.9 Å². The molecule has 1 saturated carbocycles. The highest BCUT2D eigenvalue weighted by Crippen LogP contribution is 2.41. The first-order valence-corrected chi connectivity index (χ1v) is 11.8. The Morgan fingerprint density at radius 3 is 2.94 bits per heavy atom. The van der Waals surface area contributed by atoms with Crippen LogP contribution < -0.4 is 10.2 Å². The van der Waals surface area contributed by atoms with Crippen molar-refractivity contribution in [2.75, 3.05) is 31.6 Å². The fraction of sp³-hybridized carbons (Fsp3) is 0.440. The molecular weight excluding hydrogens is 441 g/mol. The Morgan fingerprint density at radius 1 is 1.18 bits per heavy atom. The summed E-state index contributed by atoms with van der Waals surface area (Å²) >= 11 is 0. The summed E-state index contributed by atoms with van der Waals surface area (Å²) in [6.45, 7) is 3.86. The van der Waals surface area contributed by atoms with Gasteiger partial charge in [0.1, 0.15) is 12.4 Å². The van der Waals surface area contributed by atoms with Crippen LogP contribution in [0, 0.1) is 17.7 Å². The van der Waals surface area contributed by atoms with Gasteiger partial charge < -0.3 is 19.0 Å². The highest BCUT2D eigenvalue weighted by Gasteiger charge is 2.40. The van der Waals surface area contributed by atoms with Crippen LogP contribution in [0.25, 0.3) is 11.0 Å². The molecule has 178 valence electrons. The molecule has 3 heterocycles. The summed E-state index contributed by atoms with van der Waals surface area (Å²) in [6.07, 6.45) is 2.64. The minimum Gasteiger partial charge on any atom is -0.449 e. The molecule has 8 nitrogen and oxygen atoms in total. The molecule has 2 atom stereocenters. The molecule has 1 N–H and O–H groups in total.